The van der Waals surface area contributed by atoms with Crippen molar-refractivity contribution in [3.8, 4) is 0 Å². The van der Waals surface area contributed by atoms with Gasteiger partial charge in [-0.3, -0.25) is 4.90 Å². The van der Waals surface area contributed by atoms with Gasteiger partial charge in [0, 0.05) is 6.54 Å². The Bertz CT molecular complexity index is 219. The highest BCUT2D eigenvalue weighted by atomic mass is 15.1. The zero-order valence-electron chi connectivity index (χ0n) is 9.04. The fraction of sp³-hybridized carbons (Fsp3) is 0.692. The molecule has 0 bridgehead atoms. The lowest BCUT2D eigenvalue weighted by atomic mass is 10.1. The van der Waals surface area contributed by atoms with Crippen LogP contribution >= 0.6 is 0 Å². The third-order valence-electron chi connectivity index (χ3n) is 3.18. The Morgan fingerprint density at radius 1 is 1.00 bits per heavy atom. The molecule has 1 saturated heterocycles. The van der Waals surface area contributed by atoms with E-state index in [2.05, 4.69) is 23.1 Å². The van der Waals surface area contributed by atoms with E-state index >= 15 is 0 Å². The van der Waals surface area contributed by atoms with E-state index in [-0.39, 0.29) is 0 Å². The van der Waals surface area contributed by atoms with Crippen LogP contribution in [-0.4, -0.2) is 24.5 Å². The number of allylic oxidation sites excluding steroid dienone is 2. The first-order valence-corrected chi connectivity index (χ1v) is 6.03. The van der Waals surface area contributed by atoms with E-state index in [1.54, 1.807) is 0 Å². The van der Waals surface area contributed by atoms with Crippen LogP contribution in [-0.2, 0) is 0 Å². The standard InChI is InChI=1S/C13H21N/c1-2-7-11-14(10-6-1)12-13-8-4-3-5-9-13/h4,8-9H,1-3,5-7,10-12H2. The van der Waals surface area contributed by atoms with E-state index in [9.17, 15) is 0 Å². The lowest BCUT2D eigenvalue weighted by Gasteiger charge is -2.21. The highest BCUT2D eigenvalue weighted by molar-refractivity contribution is 5.23. The summed E-state index contributed by atoms with van der Waals surface area (Å²) in [7, 11) is 0. The Morgan fingerprint density at radius 2 is 1.79 bits per heavy atom. The van der Waals surface area contributed by atoms with Crippen molar-refractivity contribution in [1.82, 2.24) is 4.90 Å². The summed E-state index contributed by atoms with van der Waals surface area (Å²) in [6.07, 6.45) is 15.2. The van der Waals surface area contributed by atoms with Gasteiger partial charge >= 0.3 is 0 Å². The van der Waals surface area contributed by atoms with Gasteiger partial charge in [0.05, 0.1) is 0 Å². The first-order valence-electron chi connectivity index (χ1n) is 6.03. The largest absolute Gasteiger partial charge is 0.299 e. The van der Waals surface area contributed by atoms with E-state index in [4.69, 9.17) is 0 Å². The molecule has 1 fully saturated rings. The Morgan fingerprint density at radius 3 is 2.43 bits per heavy atom. The zero-order chi connectivity index (χ0) is 9.64. The summed E-state index contributed by atoms with van der Waals surface area (Å²) >= 11 is 0. The van der Waals surface area contributed by atoms with Gasteiger partial charge in [0.25, 0.3) is 0 Å². The minimum absolute atomic E-state index is 1.19. The van der Waals surface area contributed by atoms with E-state index in [0.717, 1.165) is 0 Å². The topological polar surface area (TPSA) is 3.24 Å². The molecule has 1 heteroatoms. The number of likely N-dealkylation sites (tertiary alicyclic amines) is 1. The zero-order valence-corrected chi connectivity index (χ0v) is 9.04. The Labute approximate surface area is 87.5 Å². The highest BCUT2D eigenvalue weighted by Gasteiger charge is 2.09. The number of hydrogen-bond acceptors (Lipinski definition) is 1. The molecule has 2 rings (SSSR count). The van der Waals surface area contributed by atoms with Crippen molar-refractivity contribution in [2.24, 2.45) is 0 Å². The quantitative estimate of drug-likeness (QED) is 0.648. The SMILES string of the molecule is C1=CC(CN2CCCCCC2)=CCC1. The molecule has 14 heavy (non-hydrogen) atoms. The predicted molar refractivity (Wildman–Crippen MR) is 61.4 cm³/mol. The molecule has 0 spiro atoms. The number of rotatable bonds is 2. The molecule has 0 aromatic rings. The molecule has 0 aromatic carbocycles. The first-order chi connectivity index (χ1) is 6.95. The molecular weight excluding hydrogens is 170 g/mol. The molecule has 1 aliphatic carbocycles. The minimum atomic E-state index is 1.19. The Hall–Kier alpha value is -0.560. The summed E-state index contributed by atoms with van der Waals surface area (Å²) in [5.74, 6) is 0. The summed E-state index contributed by atoms with van der Waals surface area (Å²) in [6, 6.07) is 0. The summed E-state index contributed by atoms with van der Waals surface area (Å²) in [5, 5.41) is 0. The van der Waals surface area contributed by atoms with Gasteiger partial charge in [0.15, 0.2) is 0 Å². The van der Waals surface area contributed by atoms with Crippen LogP contribution in [0, 0.1) is 0 Å². The second-order valence-electron chi connectivity index (χ2n) is 4.45. The molecule has 1 heterocycles. The fourth-order valence-corrected chi connectivity index (χ4v) is 2.34. The molecule has 1 aliphatic heterocycles. The van der Waals surface area contributed by atoms with Crippen molar-refractivity contribution in [3.05, 3.63) is 23.8 Å². The van der Waals surface area contributed by atoms with E-state index < -0.39 is 0 Å². The van der Waals surface area contributed by atoms with Crippen LogP contribution in [0.5, 0.6) is 0 Å². The fourth-order valence-electron chi connectivity index (χ4n) is 2.34. The normalized spacial score (nSPS) is 24.4. The number of hydrogen-bond donors (Lipinski definition) is 0. The first kappa shape index (κ1) is 9.97. The van der Waals surface area contributed by atoms with Crippen LogP contribution in [0.2, 0.25) is 0 Å². The van der Waals surface area contributed by atoms with Gasteiger partial charge < -0.3 is 0 Å². The Kier molecular flexibility index (Phi) is 3.81. The van der Waals surface area contributed by atoms with Crippen LogP contribution in [0.4, 0.5) is 0 Å². The monoisotopic (exact) mass is 191 g/mol. The lowest BCUT2D eigenvalue weighted by molar-refractivity contribution is 0.310. The van der Waals surface area contributed by atoms with Gasteiger partial charge in [-0.25, -0.2) is 0 Å². The molecule has 2 aliphatic rings. The molecule has 0 amide bonds. The summed E-state index contributed by atoms with van der Waals surface area (Å²) in [4.78, 5) is 2.62. The van der Waals surface area contributed by atoms with Crippen molar-refractivity contribution in [2.45, 2.75) is 38.5 Å². The number of nitrogens with zero attached hydrogens (tertiary/aromatic N) is 1. The third kappa shape index (κ3) is 2.98. The smallest absolute Gasteiger partial charge is 0.0230 e. The van der Waals surface area contributed by atoms with Gasteiger partial charge in [-0.15, -0.1) is 0 Å². The molecular formula is C13H21N. The van der Waals surface area contributed by atoms with Gasteiger partial charge in [-0.05, 0) is 44.3 Å². The van der Waals surface area contributed by atoms with Gasteiger partial charge in [-0.1, -0.05) is 31.1 Å². The van der Waals surface area contributed by atoms with Crippen LogP contribution < -0.4 is 0 Å². The maximum atomic E-state index is 2.62. The lowest BCUT2D eigenvalue weighted by Crippen LogP contribution is -2.26. The van der Waals surface area contributed by atoms with Crippen LogP contribution in [0.15, 0.2) is 23.8 Å². The molecule has 1 nitrogen and oxygen atoms in total. The average molecular weight is 191 g/mol. The summed E-state index contributed by atoms with van der Waals surface area (Å²) in [6.45, 7) is 3.81. The molecule has 0 radical (unpaired) electrons. The summed E-state index contributed by atoms with van der Waals surface area (Å²) in [5.41, 5.74) is 1.54. The van der Waals surface area contributed by atoms with E-state index in [0.29, 0.717) is 0 Å². The van der Waals surface area contributed by atoms with Gasteiger partial charge in [-0.2, -0.15) is 0 Å². The second-order valence-corrected chi connectivity index (χ2v) is 4.45. The Balaban J connectivity index is 1.83. The van der Waals surface area contributed by atoms with Crippen molar-refractivity contribution in [1.29, 1.82) is 0 Å². The molecule has 0 unspecified atom stereocenters. The van der Waals surface area contributed by atoms with Crippen LogP contribution in [0.1, 0.15) is 38.5 Å². The average Bonchev–Trinajstić information content (AvgIpc) is 2.48. The maximum absolute atomic E-state index is 2.62. The van der Waals surface area contributed by atoms with Gasteiger partial charge in [0.2, 0.25) is 0 Å². The van der Waals surface area contributed by atoms with Crippen molar-refractivity contribution in [2.75, 3.05) is 19.6 Å². The molecule has 0 atom stereocenters. The minimum Gasteiger partial charge on any atom is -0.299 e. The second kappa shape index (κ2) is 5.35. The molecule has 0 N–H and O–H groups in total. The third-order valence-corrected chi connectivity index (χ3v) is 3.18. The maximum Gasteiger partial charge on any atom is 0.0230 e. The molecule has 0 aromatic heterocycles. The van der Waals surface area contributed by atoms with E-state index in [1.807, 2.05) is 0 Å². The van der Waals surface area contributed by atoms with Gasteiger partial charge in [0.1, 0.15) is 0 Å². The summed E-state index contributed by atoms with van der Waals surface area (Å²) < 4.78 is 0. The predicted octanol–water partition coefficient (Wildman–Crippen LogP) is 3.14. The van der Waals surface area contributed by atoms with E-state index in [1.165, 1.54) is 63.7 Å². The molecule has 78 valence electrons. The van der Waals surface area contributed by atoms with Crippen molar-refractivity contribution in [3.63, 3.8) is 0 Å². The van der Waals surface area contributed by atoms with Crippen molar-refractivity contribution < 1.29 is 0 Å². The van der Waals surface area contributed by atoms with Crippen molar-refractivity contribution >= 4 is 0 Å². The highest BCUT2D eigenvalue weighted by Crippen LogP contribution is 2.14. The van der Waals surface area contributed by atoms with Crippen LogP contribution in [0.3, 0.4) is 0 Å². The molecule has 0 saturated carbocycles. The van der Waals surface area contributed by atoms with Crippen LogP contribution in [0.25, 0.3) is 0 Å².